The molecule has 7 heteroatoms. The molecule has 1 aromatic carbocycles. The third-order valence-electron chi connectivity index (χ3n) is 3.91. The van der Waals surface area contributed by atoms with Crippen LogP contribution in [0.5, 0.6) is 0 Å². The Morgan fingerprint density at radius 1 is 1.30 bits per heavy atom. The minimum absolute atomic E-state index is 0.0101. The van der Waals surface area contributed by atoms with Gasteiger partial charge in [0.2, 0.25) is 5.95 Å². The first kappa shape index (κ1) is 15.7. The molecule has 0 aliphatic carbocycles. The summed E-state index contributed by atoms with van der Waals surface area (Å²) in [6.45, 7) is 1.15. The lowest BCUT2D eigenvalue weighted by molar-refractivity contribution is 0.0921. The summed E-state index contributed by atoms with van der Waals surface area (Å²) in [6, 6.07) is 8.37. The fourth-order valence-corrected chi connectivity index (χ4v) is 2.91. The van der Waals surface area contributed by atoms with Gasteiger partial charge in [0.15, 0.2) is 0 Å². The molecular weight excluding hydrogens is 316 g/mol. The summed E-state index contributed by atoms with van der Waals surface area (Å²) < 4.78 is 0. The average molecular weight is 333 g/mol. The highest BCUT2D eigenvalue weighted by molar-refractivity contribution is 6.30. The Bertz CT molecular complexity index is 683. The van der Waals surface area contributed by atoms with Gasteiger partial charge >= 0.3 is 0 Å². The lowest BCUT2D eigenvalue weighted by Gasteiger charge is -2.18. The number of hydrogen-bond donors (Lipinski definition) is 2. The lowest BCUT2D eigenvalue weighted by Crippen LogP contribution is -2.41. The first-order valence-corrected chi connectivity index (χ1v) is 7.74. The van der Waals surface area contributed by atoms with Gasteiger partial charge in [-0.25, -0.2) is 9.97 Å². The van der Waals surface area contributed by atoms with Crippen molar-refractivity contribution in [3.63, 3.8) is 0 Å². The average Bonchev–Trinajstić information content (AvgIpc) is 2.98. The monoisotopic (exact) mass is 332 g/mol. The summed E-state index contributed by atoms with van der Waals surface area (Å²) >= 11 is 5.92. The van der Waals surface area contributed by atoms with Crippen LogP contribution in [-0.4, -0.2) is 46.7 Å². The van der Waals surface area contributed by atoms with Crippen LogP contribution in [0.2, 0.25) is 5.02 Å². The van der Waals surface area contributed by atoms with Crippen molar-refractivity contribution in [2.45, 2.75) is 6.04 Å². The molecule has 1 amide bonds. The van der Waals surface area contributed by atoms with Gasteiger partial charge in [0.25, 0.3) is 5.91 Å². The van der Waals surface area contributed by atoms with Gasteiger partial charge in [-0.15, -0.1) is 0 Å². The van der Waals surface area contributed by atoms with Crippen LogP contribution in [-0.2, 0) is 0 Å². The van der Waals surface area contributed by atoms with Crippen molar-refractivity contribution < 1.29 is 9.90 Å². The fourth-order valence-electron chi connectivity index (χ4n) is 2.72. The van der Waals surface area contributed by atoms with E-state index in [1.807, 2.05) is 4.90 Å². The minimum Gasteiger partial charge on any atom is -0.396 e. The van der Waals surface area contributed by atoms with E-state index in [0.717, 1.165) is 0 Å². The molecule has 0 bridgehead atoms. The zero-order chi connectivity index (χ0) is 16.2. The number of anilines is 1. The molecule has 3 rings (SSSR count). The van der Waals surface area contributed by atoms with Gasteiger partial charge in [-0.3, -0.25) is 4.79 Å². The van der Waals surface area contributed by atoms with Crippen molar-refractivity contribution in [1.29, 1.82) is 0 Å². The molecule has 0 saturated carbocycles. The van der Waals surface area contributed by atoms with Gasteiger partial charge in [0, 0.05) is 48.6 Å². The molecular formula is C16H17ClN4O2. The number of amides is 1. The number of carbonyl (C=O) groups excluding carboxylic acids is 1. The van der Waals surface area contributed by atoms with Crippen molar-refractivity contribution in [2.75, 3.05) is 24.6 Å². The summed E-state index contributed by atoms with van der Waals surface area (Å²) in [5.41, 5.74) is 0.503. The molecule has 0 spiro atoms. The smallest absolute Gasteiger partial charge is 0.251 e. The molecule has 120 valence electrons. The first-order chi connectivity index (χ1) is 11.2. The molecule has 6 nitrogen and oxygen atoms in total. The van der Waals surface area contributed by atoms with Crippen LogP contribution >= 0.6 is 11.6 Å². The third-order valence-corrected chi connectivity index (χ3v) is 4.15. The van der Waals surface area contributed by atoms with Crippen LogP contribution in [0, 0.1) is 5.92 Å². The Morgan fingerprint density at radius 2 is 2.09 bits per heavy atom. The maximum Gasteiger partial charge on any atom is 0.251 e. The van der Waals surface area contributed by atoms with Crippen LogP contribution in [0.15, 0.2) is 42.7 Å². The molecule has 2 N–H and O–H groups in total. The Balaban J connectivity index is 1.70. The Kier molecular flexibility index (Phi) is 4.73. The van der Waals surface area contributed by atoms with Crippen LogP contribution < -0.4 is 10.2 Å². The molecule has 23 heavy (non-hydrogen) atoms. The molecule has 1 fully saturated rings. The standard InChI is InChI=1S/C16H17ClN4O2/c17-13-4-1-3-11(7-13)15(23)20-14-9-21(8-12(14)10-22)16-18-5-2-6-19-16/h1-7,12,14,22H,8-10H2,(H,20,23)/t12-,14+/m0/s1. The molecule has 1 aromatic heterocycles. The summed E-state index contributed by atoms with van der Waals surface area (Å²) in [6.07, 6.45) is 3.35. The maximum atomic E-state index is 12.4. The van der Waals surface area contributed by atoms with E-state index in [9.17, 15) is 9.90 Å². The van der Waals surface area contributed by atoms with Gasteiger partial charge in [-0.2, -0.15) is 0 Å². The number of halogens is 1. The van der Waals surface area contributed by atoms with E-state index in [2.05, 4.69) is 15.3 Å². The van der Waals surface area contributed by atoms with E-state index in [4.69, 9.17) is 11.6 Å². The molecule has 2 heterocycles. The number of rotatable bonds is 4. The highest BCUT2D eigenvalue weighted by atomic mass is 35.5. The number of hydrogen-bond acceptors (Lipinski definition) is 5. The number of nitrogens with zero attached hydrogens (tertiary/aromatic N) is 3. The molecule has 1 aliphatic rings. The first-order valence-electron chi connectivity index (χ1n) is 7.36. The van der Waals surface area contributed by atoms with E-state index in [0.29, 0.717) is 29.6 Å². The molecule has 1 aliphatic heterocycles. The predicted octanol–water partition coefficient (Wildman–Crippen LogP) is 1.36. The van der Waals surface area contributed by atoms with E-state index in [-0.39, 0.29) is 24.5 Å². The second-order valence-electron chi connectivity index (χ2n) is 5.49. The summed E-state index contributed by atoms with van der Waals surface area (Å²) in [5, 5.41) is 13.1. The van der Waals surface area contributed by atoms with Crippen LogP contribution in [0.25, 0.3) is 0 Å². The van der Waals surface area contributed by atoms with E-state index >= 15 is 0 Å². The van der Waals surface area contributed by atoms with Gasteiger partial charge in [-0.05, 0) is 24.3 Å². The molecule has 2 atom stereocenters. The van der Waals surface area contributed by atoms with Crippen molar-refractivity contribution in [2.24, 2.45) is 5.92 Å². The van der Waals surface area contributed by atoms with Gasteiger partial charge in [0.1, 0.15) is 0 Å². The predicted molar refractivity (Wildman–Crippen MR) is 87.5 cm³/mol. The van der Waals surface area contributed by atoms with E-state index in [1.54, 1.807) is 42.7 Å². The van der Waals surface area contributed by atoms with Crippen molar-refractivity contribution in [3.8, 4) is 0 Å². The quantitative estimate of drug-likeness (QED) is 0.884. The number of aliphatic hydroxyl groups is 1. The third kappa shape index (κ3) is 3.60. The number of carbonyl (C=O) groups is 1. The Hall–Kier alpha value is -2.18. The molecule has 0 radical (unpaired) electrons. The lowest BCUT2D eigenvalue weighted by atomic mass is 10.0. The highest BCUT2D eigenvalue weighted by Gasteiger charge is 2.34. The Morgan fingerprint density at radius 3 is 2.78 bits per heavy atom. The van der Waals surface area contributed by atoms with E-state index < -0.39 is 0 Å². The Labute approximate surface area is 139 Å². The number of aromatic nitrogens is 2. The summed E-state index contributed by atoms with van der Waals surface area (Å²) in [4.78, 5) is 22.8. The molecule has 2 aromatic rings. The normalized spacial score (nSPS) is 20.5. The fraction of sp³-hybridized carbons (Fsp3) is 0.312. The number of benzene rings is 1. The zero-order valence-corrected chi connectivity index (χ0v) is 13.1. The zero-order valence-electron chi connectivity index (χ0n) is 12.4. The van der Waals surface area contributed by atoms with Crippen molar-refractivity contribution in [1.82, 2.24) is 15.3 Å². The number of aliphatic hydroxyl groups excluding tert-OH is 1. The van der Waals surface area contributed by atoms with Gasteiger partial charge in [-0.1, -0.05) is 17.7 Å². The minimum atomic E-state index is -0.202. The SMILES string of the molecule is O=C(N[C@@H]1CN(c2ncccn2)C[C@H]1CO)c1cccc(Cl)c1. The van der Waals surface area contributed by atoms with Crippen LogP contribution in [0.1, 0.15) is 10.4 Å². The largest absolute Gasteiger partial charge is 0.396 e. The maximum absolute atomic E-state index is 12.4. The van der Waals surface area contributed by atoms with Crippen molar-refractivity contribution in [3.05, 3.63) is 53.3 Å². The summed E-state index contributed by atoms with van der Waals surface area (Å²) in [7, 11) is 0. The topological polar surface area (TPSA) is 78.4 Å². The van der Waals surface area contributed by atoms with Gasteiger partial charge in [0.05, 0.1) is 6.04 Å². The number of nitrogens with one attached hydrogen (secondary N) is 1. The van der Waals surface area contributed by atoms with E-state index in [1.165, 1.54) is 0 Å². The molecule has 0 unspecified atom stereocenters. The van der Waals surface area contributed by atoms with Gasteiger partial charge < -0.3 is 15.3 Å². The van der Waals surface area contributed by atoms with Crippen LogP contribution in [0.3, 0.4) is 0 Å². The second-order valence-corrected chi connectivity index (χ2v) is 5.92. The highest BCUT2D eigenvalue weighted by Crippen LogP contribution is 2.21. The van der Waals surface area contributed by atoms with Crippen LogP contribution in [0.4, 0.5) is 5.95 Å². The second kappa shape index (κ2) is 6.93. The summed E-state index contributed by atoms with van der Waals surface area (Å²) in [5.74, 6) is 0.333. The van der Waals surface area contributed by atoms with Crippen molar-refractivity contribution >= 4 is 23.5 Å². The molecule has 1 saturated heterocycles.